The molecule has 3 aromatic rings. The Kier molecular flexibility index (Phi) is 5.30. The molecule has 0 bridgehead atoms. The third kappa shape index (κ3) is 4.25. The maximum Gasteiger partial charge on any atom is 0.127 e. The molecule has 136 valence electrons. The summed E-state index contributed by atoms with van der Waals surface area (Å²) in [5.74, 6) is 1.53. The molecule has 0 radical (unpaired) electrons. The van der Waals surface area contributed by atoms with Gasteiger partial charge >= 0.3 is 0 Å². The molecule has 27 heavy (non-hydrogen) atoms. The van der Waals surface area contributed by atoms with E-state index in [0.717, 1.165) is 28.4 Å². The topological polar surface area (TPSA) is 50.7 Å². The van der Waals surface area contributed by atoms with E-state index in [9.17, 15) is 0 Å². The van der Waals surface area contributed by atoms with Gasteiger partial charge in [-0.25, -0.2) is 4.99 Å². The molecule has 1 N–H and O–H groups in total. The lowest BCUT2D eigenvalue weighted by molar-refractivity contribution is 0.556. The average Bonchev–Trinajstić information content (AvgIpc) is 3.33. The number of piperidine rings is 1. The second-order valence-corrected chi connectivity index (χ2v) is 6.87. The minimum atomic E-state index is 0.503. The molecular formula is C21H16Cl2N2O2. The molecule has 0 saturated carbocycles. The van der Waals surface area contributed by atoms with Crippen molar-refractivity contribution >= 4 is 46.8 Å². The Bertz CT molecular complexity index is 962. The van der Waals surface area contributed by atoms with E-state index in [1.165, 1.54) is 0 Å². The number of halogens is 2. The number of furan rings is 2. The highest BCUT2D eigenvalue weighted by Gasteiger charge is 2.20. The van der Waals surface area contributed by atoms with Crippen molar-refractivity contribution in [3.8, 4) is 0 Å². The largest absolute Gasteiger partial charge is 0.465 e. The van der Waals surface area contributed by atoms with Crippen LogP contribution in [-0.4, -0.2) is 18.8 Å². The van der Waals surface area contributed by atoms with Gasteiger partial charge < -0.3 is 14.2 Å². The molecule has 0 spiro atoms. The minimum absolute atomic E-state index is 0.503. The maximum absolute atomic E-state index is 6.35. The molecule has 0 unspecified atom stereocenters. The Morgan fingerprint density at radius 3 is 2.04 bits per heavy atom. The highest BCUT2D eigenvalue weighted by atomic mass is 35.5. The zero-order valence-corrected chi connectivity index (χ0v) is 15.8. The normalized spacial score (nSPS) is 17.6. The molecule has 4 rings (SSSR count). The van der Waals surface area contributed by atoms with E-state index in [0.29, 0.717) is 28.8 Å². The lowest BCUT2D eigenvalue weighted by atomic mass is 9.96. The molecule has 1 aromatic carbocycles. The number of rotatable bonds is 3. The molecule has 0 aliphatic carbocycles. The molecule has 0 atom stereocenters. The first-order valence-corrected chi connectivity index (χ1v) is 9.18. The van der Waals surface area contributed by atoms with E-state index in [-0.39, 0.29) is 0 Å². The predicted molar refractivity (Wildman–Crippen MR) is 110 cm³/mol. The maximum atomic E-state index is 6.35. The molecule has 1 aliphatic rings. The van der Waals surface area contributed by atoms with Crippen LogP contribution in [0.5, 0.6) is 0 Å². The van der Waals surface area contributed by atoms with E-state index in [1.54, 1.807) is 24.7 Å². The van der Waals surface area contributed by atoms with Crippen LogP contribution in [0, 0.1) is 0 Å². The lowest BCUT2D eigenvalue weighted by Crippen LogP contribution is -2.33. The van der Waals surface area contributed by atoms with Gasteiger partial charge in [-0.15, -0.1) is 0 Å². The third-order valence-electron chi connectivity index (χ3n) is 4.10. The Hall–Kier alpha value is -2.53. The van der Waals surface area contributed by atoms with Gasteiger partial charge in [-0.2, -0.15) is 0 Å². The monoisotopic (exact) mass is 398 g/mol. The van der Waals surface area contributed by atoms with Crippen LogP contribution >= 0.6 is 23.2 Å². The van der Waals surface area contributed by atoms with Crippen LogP contribution in [0.2, 0.25) is 10.0 Å². The fourth-order valence-corrected chi connectivity index (χ4v) is 3.32. The van der Waals surface area contributed by atoms with Crippen LogP contribution in [0.4, 0.5) is 5.69 Å². The summed E-state index contributed by atoms with van der Waals surface area (Å²) in [4.78, 5) is 4.85. The highest BCUT2D eigenvalue weighted by molar-refractivity contribution is 6.36. The standard InChI is InChI=1S/C21H16Cl2N2O2/c22-16-5-6-20(19(23)11-16)25-21-14(9-17-3-1-7-26-17)12-24-13-15(21)10-18-4-2-8-27-18/h1-11,24H,12-13H2/b14-9+,15-10+. The van der Waals surface area contributed by atoms with Gasteiger partial charge in [0.05, 0.1) is 28.9 Å². The van der Waals surface area contributed by atoms with Gasteiger partial charge in [-0.3, -0.25) is 0 Å². The van der Waals surface area contributed by atoms with Crippen molar-refractivity contribution in [1.82, 2.24) is 5.32 Å². The van der Waals surface area contributed by atoms with Crippen molar-refractivity contribution in [3.05, 3.63) is 87.7 Å². The SMILES string of the molecule is Clc1ccc(N=C2/C(=C/c3ccco3)CNC/C2=C\c2ccco2)c(Cl)c1. The summed E-state index contributed by atoms with van der Waals surface area (Å²) in [6.07, 6.45) is 7.25. The van der Waals surface area contributed by atoms with E-state index >= 15 is 0 Å². The molecule has 4 nitrogen and oxygen atoms in total. The summed E-state index contributed by atoms with van der Waals surface area (Å²) < 4.78 is 10.9. The van der Waals surface area contributed by atoms with Crippen molar-refractivity contribution in [2.45, 2.75) is 0 Å². The van der Waals surface area contributed by atoms with Crippen LogP contribution in [0.25, 0.3) is 12.2 Å². The zero-order valence-electron chi connectivity index (χ0n) is 14.3. The van der Waals surface area contributed by atoms with Crippen molar-refractivity contribution < 1.29 is 8.83 Å². The number of benzene rings is 1. The molecule has 1 aliphatic heterocycles. The quantitative estimate of drug-likeness (QED) is 0.586. The fourth-order valence-electron chi connectivity index (χ4n) is 2.87. The van der Waals surface area contributed by atoms with Crippen LogP contribution < -0.4 is 5.32 Å². The van der Waals surface area contributed by atoms with Crippen LogP contribution in [0.1, 0.15) is 11.5 Å². The van der Waals surface area contributed by atoms with Gasteiger partial charge in [-0.1, -0.05) is 23.2 Å². The van der Waals surface area contributed by atoms with Crippen LogP contribution in [-0.2, 0) is 0 Å². The van der Waals surface area contributed by atoms with E-state index in [4.69, 9.17) is 37.0 Å². The smallest absolute Gasteiger partial charge is 0.127 e. The first-order valence-electron chi connectivity index (χ1n) is 8.42. The minimum Gasteiger partial charge on any atom is -0.465 e. The predicted octanol–water partition coefficient (Wildman–Crippen LogP) is 6.02. The van der Waals surface area contributed by atoms with Gasteiger partial charge in [0.15, 0.2) is 0 Å². The van der Waals surface area contributed by atoms with Crippen molar-refractivity contribution in [1.29, 1.82) is 0 Å². The Labute approximate surface area is 166 Å². The number of aliphatic imine (C=N–C) groups is 1. The molecule has 3 heterocycles. The molecule has 2 aromatic heterocycles. The Balaban J connectivity index is 1.83. The van der Waals surface area contributed by atoms with E-state index < -0.39 is 0 Å². The number of nitrogens with zero attached hydrogens (tertiary/aromatic N) is 1. The third-order valence-corrected chi connectivity index (χ3v) is 4.64. The van der Waals surface area contributed by atoms with E-state index in [2.05, 4.69) is 5.32 Å². The van der Waals surface area contributed by atoms with Crippen LogP contribution in [0.15, 0.2) is 80.0 Å². The molecule has 1 fully saturated rings. The number of hydrogen-bond acceptors (Lipinski definition) is 4. The summed E-state index contributed by atoms with van der Waals surface area (Å²) in [5.41, 5.74) is 3.50. The highest BCUT2D eigenvalue weighted by Crippen LogP contribution is 2.30. The van der Waals surface area contributed by atoms with Crippen molar-refractivity contribution in [2.24, 2.45) is 4.99 Å². The summed E-state index contributed by atoms with van der Waals surface area (Å²) in [7, 11) is 0. The fraction of sp³-hybridized carbons (Fsp3) is 0.0952. The lowest BCUT2D eigenvalue weighted by Gasteiger charge is -2.22. The first kappa shape index (κ1) is 17.9. The van der Waals surface area contributed by atoms with Crippen molar-refractivity contribution in [2.75, 3.05) is 13.1 Å². The van der Waals surface area contributed by atoms with Gasteiger partial charge in [0.2, 0.25) is 0 Å². The molecular weight excluding hydrogens is 383 g/mol. The van der Waals surface area contributed by atoms with Crippen molar-refractivity contribution in [3.63, 3.8) is 0 Å². The summed E-state index contributed by atoms with van der Waals surface area (Å²) in [5, 5.41) is 4.47. The summed E-state index contributed by atoms with van der Waals surface area (Å²) >= 11 is 12.4. The molecule has 6 heteroatoms. The number of nitrogens with one attached hydrogen (secondary N) is 1. The van der Waals surface area contributed by atoms with Gasteiger partial charge in [-0.05, 0) is 65.8 Å². The second-order valence-electron chi connectivity index (χ2n) is 6.03. The Morgan fingerprint density at radius 2 is 1.52 bits per heavy atom. The second kappa shape index (κ2) is 8.01. The summed E-state index contributed by atoms with van der Waals surface area (Å²) in [6, 6.07) is 12.8. The van der Waals surface area contributed by atoms with Gasteiger partial charge in [0.1, 0.15) is 11.5 Å². The van der Waals surface area contributed by atoms with Gasteiger partial charge in [0.25, 0.3) is 0 Å². The number of hydrogen-bond donors (Lipinski definition) is 1. The van der Waals surface area contributed by atoms with E-state index in [1.807, 2.05) is 42.5 Å². The Morgan fingerprint density at radius 1 is 0.889 bits per heavy atom. The molecule has 1 saturated heterocycles. The van der Waals surface area contributed by atoms with Crippen LogP contribution in [0.3, 0.4) is 0 Å². The van der Waals surface area contributed by atoms with Gasteiger partial charge in [0, 0.05) is 18.1 Å². The molecule has 0 amide bonds. The average molecular weight is 399 g/mol. The zero-order chi connectivity index (χ0) is 18.6. The first-order chi connectivity index (χ1) is 13.2. The summed E-state index contributed by atoms with van der Waals surface area (Å²) in [6.45, 7) is 1.33.